The molecule has 2 rings (SSSR count). The molecule has 1 aromatic heterocycles. The molecule has 0 aliphatic heterocycles. The highest BCUT2D eigenvalue weighted by Crippen LogP contribution is 2.33. The highest BCUT2D eigenvalue weighted by molar-refractivity contribution is 7.10. The van der Waals surface area contributed by atoms with Crippen LogP contribution in [0.2, 0.25) is 0 Å². The maximum absolute atomic E-state index is 8.99. The molecule has 1 heterocycles. The van der Waals surface area contributed by atoms with E-state index in [9.17, 15) is 0 Å². The van der Waals surface area contributed by atoms with Crippen molar-refractivity contribution in [1.29, 1.82) is 5.26 Å². The van der Waals surface area contributed by atoms with E-state index < -0.39 is 0 Å². The molecule has 1 aromatic rings. The minimum Gasteiger partial charge on any atom is -0.372 e. The van der Waals surface area contributed by atoms with Gasteiger partial charge in [0.1, 0.15) is 16.6 Å². The molecule has 0 saturated heterocycles. The molecule has 1 atom stereocenters. The molecule has 3 nitrogen and oxygen atoms in total. The zero-order valence-electron chi connectivity index (χ0n) is 9.08. The highest BCUT2D eigenvalue weighted by atomic mass is 32.1. The molecule has 0 aromatic carbocycles. The van der Waals surface area contributed by atoms with Crippen molar-refractivity contribution < 1.29 is 0 Å². The van der Waals surface area contributed by atoms with Gasteiger partial charge in [-0.2, -0.15) is 9.64 Å². The standard InChI is InChI=1S/C11H15N3S/c1-7(9-4-3-5-9)13-11-10(6-12)8(2)14-15-11/h7,9,13H,3-5H2,1-2H3. The van der Waals surface area contributed by atoms with Crippen LogP contribution in [0.3, 0.4) is 0 Å². The van der Waals surface area contributed by atoms with Gasteiger partial charge < -0.3 is 5.32 Å². The Labute approximate surface area is 94.3 Å². The molecular weight excluding hydrogens is 206 g/mol. The number of aryl methyl sites for hydroxylation is 1. The van der Waals surface area contributed by atoms with Crippen molar-refractivity contribution in [3.05, 3.63) is 11.3 Å². The lowest BCUT2D eigenvalue weighted by Gasteiger charge is -2.32. The topological polar surface area (TPSA) is 48.7 Å². The minimum atomic E-state index is 0.464. The number of rotatable bonds is 3. The Kier molecular flexibility index (Phi) is 2.92. The smallest absolute Gasteiger partial charge is 0.127 e. The van der Waals surface area contributed by atoms with Gasteiger partial charge in [-0.3, -0.25) is 0 Å². The second-order valence-corrected chi connectivity index (χ2v) is 4.98. The van der Waals surface area contributed by atoms with Crippen molar-refractivity contribution in [2.24, 2.45) is 5.92 Å². The summed E-state index contributed by atoms with van der Waals surface area (Å²) in [6.45, 7) is 4.08. The zero-order chi connectivity index (χ0) is 10.8. The molecule has 1 saturated carbocycles. The maximum Gasteiger partial charge on any atom is 0.127 e. The third-order valence-corrected chi connectivity index (χ3v) is 4.06. The van der Waals surface area contributed by atoms with Crippen LogP contribution >= 0.6 is 11.5 Å². The third-order valence-electron chi connectivity index (χ3n) is 3.19. The lowest BCUT2D eigenvalue weighted by atomic mass is 9.80. The van der Waals surface area contributed by atoms with E-state index in [1.807, 2.05) is 6.92 Å². The quantitative estimate of drug-likeness (QED) is 0.853. The number of hydrogen-bond acceptors (Lipinski definition) is 4. The van der Waals surface area contributed by atoms with Gasteiger partial charge in [0.2, 0.25) is 0 Å². The van der Waals surface area contributed by atoms with Gasteiger partial charge in [-0.05, 0) is 44.1 Å². The van der Waals surface area contributed by atoms with Gasteiger partial charge in [0, 0.05) is 6.04 Å². The van der Waals surface area contributed by atoms with E-state index >= 15 is 0 Å². The van der Waals surface area contributed by atoms with Crippen LogP contribution in [-0.2, 0) is 0 Å². The van der Waals surface area contributed by atoms with Crippen LogP contribution in [0, 0.1) is 24.2 Å². The van der Waals surface area contributed by atoms with Crippen molar-refractivity contribution in [3.8, 4) is 6.07 Å². The molecule has 0 bridgehead atoms. The van der Waals surface area contributed by atoms with Gasteiger partial charge in [0.25, 0.3) is 0 Å². The van der Waals surface area contributed by atoms with E-state index in [4.69, 9.17) is 5.26 Å². The first-order valence-corrected chi connectivity index (χ1v) is 6.12. The van der Waals surface area contributed by atoms with Crippen molar-refractivity contribution in [1.82, 2.24) is 4.37 Å². The van der Waals surface area contributed by atoms with E-state index in [1.54, 1.807) is 0 Å². The predicted molar refractivity (Wildman–Crippen MR) is 62.0 cm³/mol. The van der Waals surface area contributed by atoms with Gasteiger partial charge in [-0.15, -0.1) is 0 Å². The molecule has 0 amide bonds. The summed E-state index contributed by atoms with van der Waals surface area (Å²) >= 11 is 1.40. The van der Waals surface area contributed by atoms with Crippen LogP contribution in [0.25, 0.3) is 0 Å². The van der Waals surface area contributed by atoms with Gasteiger partial charge in [0.05, 0.1) is 5.69 Å². The summed E-state index contributed by atoms with van der Waals surface area (Å²) < 4.78 is 4.20. The van der Waals surface area contributed by atoms with E-state index in [-0.39, 0.29) is 0 Å². The van der Waals surface area contributed by atoms with Crippen molar-refractivity contribution in [3.63, 3.8) is 0 Å². The van der Waals surface area contributed by atoms with Gasteiger partial charge in [-0.1, -0.05) is 6.42 Å². The molecule has 15 heavy (non-hydrogen) atoms. The van der Waals surface area contributed by atoms with Crippen molar-refractivity contribution >= 4 is 16.5 Å². The number of anilines is 1. The lowest BCUT2D eigenvalue weighted by Crippen LogP contribution is -2.30. The number of nitrogens with zero attached hydrogens (tertiary/aromatic N) is 2. The second-order valence-electron chi connectivity index (χ2n) is 4.21. The number of aromatic nitrogens is 1. The molecule has 0 spiro atoms. The molecular formula is C11H15N3S. The van der Waals surface area contributed by atoms with Gasteiger partial charge in [-0.25, -0.2) is 0 Å². The Balaban J connectivity index is 2.06. The Morgan fingerprint density at radius 3 is 2.87 bits per heavy atom. The van der Waals surface area contributed by atoms with Crippen LogP contribution in [0.5, 0.6) is 0 Å². The fourth-order valence-electron chi connectivity index (χ4n) is 1.86. The molecule has 0 radical (unpaired) electrons. The Morgan fingerprint density at radius 1 is 1.60 bits per heavy atom. The summed E-state index contributed by atoms with van der Waals surface area (Å²) in [6.07, 6.45) is 3.98. The number of hydrogen-bond donors (Lipinski definition) is 1. The summed E-state index contributed by atoms with van der Waals surface area (Å²) in [5.74, 6) is 0.777. The molecule has 1 aliphatic carbocycles. The van der Waals surface area contributed by atoms with Crippen LogP contribution in [-0.4, -0.2) is 10.4 Å². The largest absolute Gasteiger partial charge is 0.372 e. The van der Waals surface area contributed by atoms with Crippen LogP contribution < -0.4 is 5.32 Å². The minimum absolute atomic E-state index is 0.464. The summed E-state index contributed by atoms with van der Waals surface area (Å²) in [4.78, 5) is 0. The Hall–Kier alpha value is -1.08. The normalized spacial score (nSPS) is 17.9. The van der Waals surface area contributed by atoms with Crippen LogP contribution in [0.4, 0.5) is 5.00 Å². The zero-order valence-corrected chi connectivity index (χ0v) is 9.90. The van der Waals surface area contributed by atoms with E-state index in [0.29, 0.717) is 11.6 Å². The summed E-state index contributed by atoms with van der Waals surface area (Å²) in [6, 6.07) is 2.67. The fourth-order valence-corrected chi connectivity index (χ4v) is 2.71. The highest BCUT2D eigenvalue weighted by Gasteiger charge is 2.25. The van der Waals surface area contributed by atoms with Gasteiger partial charge in [0.15, 0.2) is 0 Å². The van der Waals surface area contributed by atoms with E-state index in [1.165, 1.54) is 30.8 Å². The first-order chi connectivity index (χ1) is 7.22. The molecule has 1 unspecified atom stereocenters. The first kappa shape index (κ1) is 10.4. The monoisotopic (exact) mass is 221 g/mol. The van der Waals surface area contributed by atoms with Crippen molar-refractivity contribution in [2.75, 3.05) is 5.32 Å². The molecule has 1 N–H and O–H groups in total. The van der Waals surface area contributed by atoms with Crippen molar-refractivity contribution in [2.45, 2.75) is 39.2 Å². The van der Waals surface area contributed by atoms with Crippen LogP contribution in [0.15, 0.2) is 0 Å². The van der Waals surface area contributed by atoms with E-state index in [0.717, 1.165) is 16.6 Å². The molecule has 1 aliphatic rings. The third kappa shape index (κ3) is 1.98. The second kappa shape index (κ2) is 4.19. The SMILES string of the molecule is Cc1nsc(NC(C)C2CCC2)c1C#N. The maximum atomic E-state index is 8.99. The summed E-state index contributed by atoms with van der Waals surface area (Å²) in [5.41, 5.74) is 1.55. The van der Waals surface area contributed by atoms with Crippen LogP contribution in [0.1, 0.15) is 37.4 Å². The fraction of sp³-hybridized carbons (Fsp3) is 0.636. The first-order valence-electron chi connectivity index (χ1n) is 5.35. The summed E-state index contributed by atoms with van der Waals surface area (Å²) in [7, 11) is 0. The average Bonchev–Trinajstić information content (AvgIpc) is 2.43. The lowest BCUT2D eigenvalue weighted by molar-refractivity contribution is 0.285. The number of nitrogens with one attached hydrogen (secondary N) is 1. The number of nitriles is 1. The predicted octanol–water partition coefficient (Wildman–Crippen LogP) is 2.92. The average molecular weight is 221 g/mol. The Morgan fingerprint density at radius 2 is 2.33 bits per heavy atom. The Bertz CT molecular complexity index is 387. The molecule has 4 heteroatoms. The molecule has 1 fully saturated rings. The van der Waals surface area contributed by atoms with E-state index in [2.05, 4.69) is 22.7 Å². The van der Waals surface area contributed by atoms with Gasteiger partial charge >= 0.3 is 0 Å². The summed E-state index contributed by atoms with van der Waals surface area (Å²) in [5, 5.41) is 13.3. The molecule has 80 valence electrons.